The van der Waals surface area contributed by atoms with Crippen molar-refractivity contribution < 1.29 is 14.6 Å². The van der Waals surface area contributed by atoms with Gasteiger partial charge in [-0.15, -0.1) is 0 Å². The summed E-state index contributed by atoms with van der Waals surface area (Å²) in [6.07, 6.45) is 0. The van der Waals surface area contributed by atoms with Gasteiger partial charge in [0.05, 0.1) is 6.61 Å². The number of carbonyl (C=O) groups is 1. The lowest BCUT2D eigenvalue weighted by Crippen LogP contribution is -2.31. The number of rotatable bonds is 7. The van der Waals surface area contributed by atoms with Gasteiger partial charge in [-0.1, -0.05) is 6.07 Å². The molecule has 1 amide bonds. The Morgan fingerprint density at radius 2 is 2.28 bits per heavy atom. The number of aliphatic hydroxyl groups excluding tert-OH is 1. The topological polar surface area (TPSA) is 61.8 Å². The molecule has 0 aliphatic rings. The minimum Gasteiger partial charge on any atom is -0.491 e. The summed E-state index contributed by atoms with van der Waals surface area (Å²) in [5, 5.41) is 11.4. The maximum Gasteiger partial charge on any atom is 0.216 e. The molecular weight excluding hydrogens is 232 g/mol. The third-order valence-corrected chi connectivity index (χ3v) is 2.44. The average Bonchev–Trinajstić information content (AvgIpc) is 2.36. The van der Waals surface area contributed by atoms with Crippen molar-refractivity contribution in [1.29, 1.82) is 0 Å². The highest BCUT2D eigenvalue weighted by molar-refractivity contribution is 5.72. The predicted molar refractivity (Wildman–Crippen MR) is 71.0 cm³/mol. The fraction of sp³-hybridized carbons (Fsp3) is 0.462. The monoisotopic (exact) mass is 252 g/mol. The first-order valence-corrected chi connectivity index (χ1v) is 5.93. The number of amides is 1. The maximum absolute atomic E-state index is 10.8. The number of ether oxygens (including phenoxy) is 1. The van der Waals surface area contributed by atoms with E-state index < -0.39 is 0 Å². The molecule has 0 aliphatic carbocycles. The average molecular weight is 252 g/mol. The van der Waals surface area contributed by atoms with Crippen molar-refractivity contribution in [2.24, 2.45) is 0 Å². The lowest BCUT2D eigenvalue weighted by atomic mass is 10.3. The quantitative estimate of drug-likeness (QED) is 0.747. The van der Waals surface area contributed by atoms with E-state index in [-0.39, 0.29) is 12.5 Å². The summed E-state index contributed by atoms with van der Waals surface area (Å²) >= 11 is 0. The van der Waals surface area contributed by atoms with Gasteiger partial charge in [0.25, 0.3) is 0 Å². The van der Waals surface area contributed by atoms with Crippen LogP contribution in [0, 0.1) is 0 Å². The molecule has 0 heterocycles. The van der Waals surface area contributed by atoms with Gasteiger partial charge in [0.1, 0.15) is 12.4 Å². The van der Waals surface area contributed by atoms with Crippen LogP contribution in [0.4, 0.5) is 5.69 Å². The van der Waals surface area contributed by atoms with E-state index >= 15 is 0 Å². The van der Waals surface area contributed by atoms with Crippen molar-refractivity contribution in [2.75, 3.05) is 38.3 Å². The van der Waals surface area contributed by atoms with Crippen LogP contribution in [0.3, 0.4) is 0 Å². The molecule has 0 aliphatic heterocycles. The highest BCUT2D eigenvalue weighted by Crippen LogP contribution is 2.19. The first-order chi connectivity index (χ1) is 8.63. The third-order valence-electron chi connectivity index (χ3n) is 2.44. The SMILES string of the molecule is CC(=O)NCCN(C)c1cccc(OCCO)c1. The molecule has 100 valence electrons. The van der Waals surface area contributed by atoms with Crippen molar-refractivity contribution in [3.63, 3.8) is 0 Å². The molecule has 0 spiro atoms. The van der Waals surface area contributed by atoms with Crippen LogP contribution in [-0.2, 0) is 4.79 Å². The Morgan fingerprint density at radius 3 is 2.94 bits per heavy atom. The van der Waals surface area contributed by atoms with Gasteiger partial charge in [0.15, 0.2) is 0 Å². The van der Waals surface area contributed by atoms with E-state index in [4.69, 9.17) is 9.84 Å². The lowest BCUT2D eigenvalue weighted by molar-refractivity contribution is -0.118. The fourth-order valence-corrected chi connectivity index (χ4v) is 1.50. The number of hydrogen-bond acceptors (Lipinski definition) is 4. The van der Waals surface area contributed by atoms with Crippen molar-refractivity contribution >= 4 is 11.6 Å². The molecule has 1 rings (SSSR count). The van der Waals surface area contributed by atoms with Crippen LogP contribution in [0.25, 0.3) is 0 Å². The summed E-state index contributed by atoms with van der Waals surface area (Å²) in [4.78, 5) is 12.8. The van der Waals surface area contributed by atoms with Gasteiger partial charge in [0.2, 0.25) is 5.91 Å². The molecule has 0 radical (unpaired) electrons. The summed E-state index contributed by atoms with van der Waals surface area (Å²) in [7, 11) is 1.95. The minimum absolute atomic E-state index is 0.00258. The van der Waals surface area contributed by atoms with E-state index in [1.165, 1.54) is 6.92 Å². The maximum atomic E-state index is 10.8. The zero-order chi connectivity index (χ0) is 13.4. The Bertz CT molecular complexity index is 382. The highest BCUT2D eigenvalue weighted by atomic mass is 16.5. The Labute approximate surface area is 107 Å². The molecule has 18 heavy (non-hydrogen) atoms. The fourth-order valence-electron chi connectivity index (χ4n) is 1.50. The van der Waals surface area contributed by atoms with E-state index in [9.17, 15) is 4.79 Å². The number of nitrogens with zero attached hydrogens (tertiary/aromatic N) is 1. The van der Waals surface area contributed by atoms with E-state index in [2.05, 4.69) is 5.32 Å². The van der Waals surface area contributed by atoms with Gasteiger partial charge in [0, 0.05) is 38.8 Å². The highest BCUT2D eigenvalue weighted by Gasteiger charge is 2.02. The Kier molecular flexibility index (Phi) is 6.00. The summed E-state index contributed by atoms with van der Waals surface area (Å²) in [6, 6.07) is 7.63. The van der Waals surface area contributed by atoms with Crippen LogP contribution in [0.15, 0.2) is 24.3 Å². The standard InChI is InChI=1S/C13H20N2O3/c1-11(17)14-6-7-15(2)12-4-3-5-13(10-12)18-9-8-16/h3-5,10,16H,6-9H2,1-2H3,(H,14,17). The van der Waals surface area contributed by atoms with E-state index in [1.807, 2.05) is 36.2 Å². The predicted octanol–water partition coefficient (Wildman–Crippen LogP) is 0.630. The van der Waals surface area contributed by atoms with Crippen LogP contribution in [-0.4, -0.2) is 44.4 Å². The molecule has 0 aromatic heterocycles. The molecule has 1 aromatic carbocycles. The van der Waals surface area contributed by atoms with Crippen molar-refractivity contribution in [2.45, 2.75) is 6.92 Å². The van der Waals surface area contributed by atoms with Crippen LogP contribution in [0.5, 0.6) is 5.75 Å². The second kappa shape index (κ2) is 7.55. The normalized spacial score (nSPS) is 9.94. The molecule has 5 nitrogen and oxygen atoms in total. The molecule has 0 atom stereocenters. The number of hydrogen-bond donors (Lipinski definition) is 2. The van der Waals surface area contributed by atoms with Crippen LogP contribution < -0.4 is 15.0 Å². The van der Waals surface area contributed by atoms with Gasteiger partial charge < -0.3 is 20.1 Å². The second-order valence-electron chi connectivity index (χ2n) is 3.97. The van der Waals surface area contributed by atoms with Gasteiger partial charge in [-0.25, -0.2) is 0 Å². The molecule has 2 N–H and O–H groups in total. The van der Waals surface area contributed by atoms with E-state index in [0.717, 1.165) is 18.0 Å². The van der Waals surface area contributed by atoms with Gasteiger partial charge >= 0.3 is 0 Å². The Morgan fingerprint density at radius 1 is 1.50 bits per heavy atom. The van der Waals surface area contributed by atoms with Gasteiger partial charge in [-0.05, 0) is 12.1 Å². The smallest absolute Gasteiger partial charge is 0.216 e. The minimum atomic E-state index is -0.0246. The number of anilines is 1. The molecular formula is C13H20N2O3. The number of benzene rings is 1. The van der Waals surface area contributed by atoms with Gasteiger partial charge in [-0.3, -0.25) is 4.79 Å². The number of aliphatic hydroxyl groups is 1. The first kappa shape index (κ1) is 14.3. The molecule has 0 saturated carbocycles. The molecule has 1 aromatic rings. The Hall–Kier alpha value is -1.75. The Balaban J connectivity index is 2.51. The largest absolute Gasteiger partial charge is 0.491 e. The summed E-state index contributed by atoms with van der Waals surface area (Å²) < 4.78 is 5.34. The lowest BCUT2D eigenvalue weighted by Gasteiger charge is -2.20. The third kappa shape index (κ3) is 5.05. The van der Waals surface area contributed by atoms with E-state index in [1.54, 1.807) is 0 Å². The summed E-state index contributed by atoms with van der Waals surface area (Å²) in [6.45, 7) is 3.13. The molecule has 0 bridgehead atoms. The van der Waals surface area contributed by atoms with Gasteiger partial charge in [-0.2, -0.15) is 0 Å². The van der Waals surface area contributed by atoms with Crippen LogP contribution >= 0.6 is 0 Å². The molecule has 5 heteroatoms. The summed E-state index contributed by atoms with van der Waals surface area (Å²) in [5.41, 5.74) is 1.01. The summed E-state index contributed by atoms with van der Waals surface area (Å²) in [5.74, 6) is 0.705. The zero-order valence-corrected chi connectivity index (χ0v) is 10.8. The van der Waals surface area contributed by atoms with Crippen LogP contribution in [0.1, 0.15) is 6.92 Å². The van der Waals surface area contributed by atoms with E-state index in [0.29, 0.717) is 13.2 Å². The first-order valence-electron chi connectivity index (χ1n) is 5.93. The zero-order valence-electron chi connectivity index (χ0n) is 10.8. The molecule has 0 saturated heterocycles. The van der Waals surface area contributed by atoms with Crippen LogP contribution in [0.2, 0.25) is 0 Å². The van der Waals surface area contributed by atoms with Crippen molar-refractivity contribution in [3.8, 4) is 5.75 Å². The number of nitrogens with one attached hydrogen (secondary N) is 1. The van der Waals surface area contributed by atoms with Crippen molar-refractivity contribution in [3.05, 3.63) is 24.3 Å². The van der Waals surface area contributed by atoms with Crippen molar-refractivity contribution in [1.82, 2.24) is 5.32 Å². The molecule has 0 fully saturated rings. The molecule has 0 unspecified atom stereocenters. The second-order valence-corrected chi connectivity index (χ2v) is 3.97. The number of likely N-dealkylation sites (N-methyl/N-ethyl adjacent to an activating group) is 1. The number of carbonyl (C=O) groups excluding carboxylic acids is 1.